The highest BCUT2D eigenvalue weighted by Gasteiger charge is 2.32. The number of furan rings is 1. The maximum absolute atomic E-state index is 13.6. The highest BCUT2D eigenvalue weighted by Crippen LogP contribution is 2.50. The SMILES string of the molecule is CCOC(=O)c1c(-c2ccccc2)oc(-c2cccs2)c1-c1cc(C)c2cc(C(C)C)ccc(C)c1-2. The van der Waals surface area contributed by atoms with Crippen molar-refractivity contribution in [1.82, 2.24) is 0 Å². The van der Waals surface area contributed by atoms with Gasteiger partial charge < -0.3 is 9.15 Å². The number of carbonyl (C=O) groups is 1. The summed E-state index contributed by atoms with van der Waals surface area (Å²) in [4.78, 5) is 14.5. The fraction of sp³-hybridized carbons (Fsp3) is 0.219. The third kappa shape index (κ3) is 4.16. The summed E-state index contributed by atoms with van der Waals surface area (Å²) in [5.41, 5.74) is 9.10. The molecule has 0 N–H and O–H groups in total. The summed E-state index contributed by atoms with van der Waals surface area (Å²) in [5, 5.41) is 2.03. The predicted octanol–water partition coefficient (Wildman–Crippen LogP) is 9.36. The largest absolute Gasteiger partial charge is 0.462 e. The van der Waals surface area contributed by atoms with E-state index in [0.29, 0.717) is 29.6 Å². The van der Waals surface area contributed by atoms with Crippen LogP contribution in [0.5, 0.6) is 0 Å². The van der Waals surface area contributed by atoms with Crippen molar-refractivity contribution < 1.29 is 13.9 Å². The summed E-state index contributed by atoms with van der Waals surface area (Å²) >= 11 is 1.60. The molecule has 3 nitrogen and oxygen atoms in total. The van der Waals surface area contributed by atoms with Gasteiger partial charge in [-0.05, 0) is 71.5 Å². The summed E-state index contributed by atoms with van der Waals surface area (Å²) in [6.07, 6.45) is 0. The van der Waals surface area contributed by atoms with Gasteiger partial charge in [0, 0.05) is 11.1 Å². The van der Waals surface area contributed by atoms with Crippen molar-refractivity contribution in [2.75, 3.05) is 6.61 Å². The second-order valence-corrected chi connectivity index (χ2v) is 10.4. The van der Waals surface area contributed by atoms with Crippen LogP contribution in [0.1, 0.15) is 53.7 Å². The Labute approximate surface area is 216 Å². The van der Waals surface area contributed by atoms with Gasteiger partial charge in [0.1, 0.15) is 11.3 Å². The number of carbonyl (C=O) groups excluding carboxylic acids is 1. The Morgan fingerprint density at radius 3 is 2.33 bits per heavy atom. The molecule has 2 heterocycles. The molecule has 2 aromatic heterocycles. The third-order valence-electron chi connectivity index (χ3n) is 6.66. The number of esters is 1. The lowest BCUT2D eigenvalue weighted by Gasteiger charge is -2.09. The molecule has 0 spiro atoms. The fourth-order valence-electron chi connectivity index (χ4n) is 4.86. The highest BCUT2D eigenvalue weighted by atomic mass is 32.1. The van der Waals surface area contributed by atoms with E-state index in [4.69, 9.17) is 9.15 Å². The second-order valence-electron chi connectivity index (χ2n) is 9.42. The van der Waals surface area contributed by atoms with Gasteiger partial charge in [0.05, 0.1) is 11.5 Å². The van der Waals surface area contributed by atoms with Crippen LogP contribution < -0.4 is 0 Å². The molecule has 182 valence electrons. The first-order chi connectivity index (χ1) is 17.4. The molecule has 0 aliphatic heterocycles. The van der Waals surface area contributed by atoms with E-state index in [2.05, 4.69) is 52.0 Å². The molecule has 2 aliphatic rings. The molecular formula is C32H30O3S. The van der Waals surface area contributed by atoms with Crippen molar-refractivity contribution in [3.05, 3.63) is 94.4 Å². The molecule has 0 bridgehead atoms. The molecule has 0 unspecified atom stereocenters. The summed E-state index contributed by atoms with van der Waals surface area (Å²) < 4.78 is 12.2. The topological polar surface area (TPSA) is 39.4 Å². The minimum atomic E-state index is -0.370. The molecule has 3 aromatic rings. The van der Waals surface area contributed by atoms with Crippen molar-refractivity contribution in [2.24, 2.45) is 0 Å². The van der Waals surface area contributed by atoms with Crippen LogP contribution in [-0.4, -0.2) is 12.6 Å². The van der Waals surface area contributed by atoms with Crippen molar-refractivity contribution >= 4 is 17.3 Å². The Morgan fingerprint density at radius 2 is 1.67 bits per heavy atom. The monoisotopic (exact) mass is 494 g/mol. The van der Waals surface area contributed by atoms with Crippen molar-refractivity contribution in [3.63, 3.8) is 0 Å². The number of hydrogen-bond acceptors (Lipinski definition) is 4. The van der Waals surface area contributed by atoms with Crippen LogP contribution in [-0.2, 0) is 4.74 Å². The number of ether oxygens (including phenoxy) is 1. The Kier molecular flexibility index (Phi) is 6.55. The zero-order chi connectivity index (χ0) is 25.4. The first-order valence-corrected chi connectivity index (χ1v) is 13.3. The number of benzene rings is 1. The normalized spacial score (nSPS) is 11.4. The molecule has 4 heteroatoms. The van der Waals surface area contributed by atoms with Gasteiger partial charge in [0.15, 0.2) is 5.76 Å². The molecule has 0 atom stereocenters. The average molecular weight is 495 g/mol. The van der Waals surface area contributed by atoms with Gasteiger partial charge in [0.2, 0.25) is 0 Å². The van der Waals surface area contributed by atoms with Gasteiger partial charge in [-0.25, -0.2) is 4.79 Å². The Morgan fingerprint density at radius 1 is 0.889 bits per heavy atom. The van der Waals surface area contributed by atoms with E-state index in [9.17, 15) is 4.79 Å². The van der Waals surface area contributed by atoms with Crippen LogP contribution in [0.4, 0.5) is 0 Å². The van der Waals surface area contributed by atoms with E-state index in [1.807, 2.05) is 54.8 Å². The number of thiophene rings is 1. The van der Waals surface area contributed by atoms with Crippen LogP contribution >= 0.6 is 11.3 Å². The fourth-order valence-corrected chi connectivity index (χ4v) is 5.57. The molecule has 0 radical (unpaired) electrons. The number of fused-ring (bicyclic) bond motifs is 1. The van der Waals surface area contributed by atoms with E-state index in [-0.39, 0.29) is 5.97 Å². The summed E-state index contributed by atoms with van der Waals surface area (Å²) in [7, 11) is 0. The zero-order valence-corrected chi connectivity index (χ0v) is 22.2. The number of hydrogen-bond donors (Lipinski definition) is 0. The van der Waals surface area contributed by atoms with Crippen LogP contribution in [0.25, 0.3) is 44.2 Å². The molecule has 36 heavy (non-hydrogen) atoms. The smallest absolute Gasteiger partial charge is 0.342 e. The standard InChI is InChI=1S/C32H30O3S/c1-6-34-32(33)29-28(25-17-21(5)24-18-23(19(2)3)15-14-20(4)27(24)25)31(26-13-10-16-36-26)35-30(29)22-11-8-7-9-12-22/h7-19H,6H2,1-5H3. The van der Waals surface area contributed by atoms with Crippen molar-refractivity contribution in [1.29, 1.82) is 0 Å². The second kappa shape index (κ2) is 9.79. The number of aryl methyl sites for hydroxylation is 2. The van der Waals surface area contributed by atoms with E-state index in [0.717, 1.165) is 32.7 Å². The highest BCUT2D eigenvalue weighted by molar-refractivity contribution is 7.13. The minimum Gasteiger partial charge on any atom is -0.462 e. The molecule has 0 saturated heterocycles. The summed E-state index contributed by atoms with van der Waals surface area (Å²) in [6, 6.07) is 22.7. The van der Waals surface area contributed by atoms with Crippen LogP contribution in [0, 0.1) is 13.8 Å². The minimum absolute atomic E-state index is 0.290. The lowest BCUT2D eigenvalue weighted by molar-refractivity contribution is 0.0527. The van der Waals surface area contributed by atoms with Crippen LogP contribution in [0.3, 0.4) is 0 Å². The predicted molar refractivity (Wildman–Crippen MR) is 149 cm³/mol. The van der Waals surface area contributed by atoms with Gasteiger partial charge in [-0.15, -0.1) is 11.3 Å². The van der Waals surface area contributed by atoms with E-state index in [1.54, 1.807) is 11.3 Å². The van der Waals surface area contributed by atoms with Crippen LogP contribution in [0.2, 0.25) is 0 Å². The Bertz CT molecular complexity index is 1490. The Hall–Kier alpha value is -3.63. The van der Waals surface area contributed by atoms with Crippen molar-refractivity contribution in [2.45, 2.75) is 40.5 Å². The molecule has 0 saturated carbocycles. The van der Waals surface area contributed by atoms with Gasteiger partial charge in [-0.2, -0.15) is 0 Å². The van der Waals surface area contributed by atoms with E-state index < -0.39 is 0 Å². The van der Waals surface area contributed by atoms with E-state index >= 15 is 0 Å². The summed E-state index contributed by atoms with van der Waals surface area (Å²) in [5.74, 6) is 1.29. The van der Waals surface area contributed by atoms with Gasteiger partial charge in [-0.1, -0.05) is 74.5 Å². The maximum atomic E-state index is 13.6. The van der Waals surface area contributed by atoms with Gasteiger partial charge in [0.25, 0.3) is 0 Å². The molecular weight excluding hydrogens is 464 g/mol. The quantitative estimate of drug-likeness (QED) is 0.221. The number of rotatable bonds is 6. The van der Waals surface area contributed by atoms with E-state index in [1.165, 1.54) is 16.7 Å². The lowest BCUT2D eigenvalue weighted by atomic mass is 9.93. The zero-order valence-electron chi connectivity index (χ0n) is 21.3. The van der Waals surface area contributed by atoms with Gasteiger partial charge in [-0.3, -0.25) is 0 Å². The third-order valence-corrected chi connectivity index (χ3v) is 7.53. The molecule has 0 fully saturated rings. The lowest BCUT2D eigenvalue weighted by Crippen LogP contribution is -2.06. The molecule has 1 aromatic carbocycles. The summed E-state index contributed by atoms with van der Waals surface area (Å²) in [6.45, 7) is 10.8. The van der Waals surface area contributed by atoms with Crippen molar-refractivity contribution in [3.8, 4) is 44.2 Å². The first kappa shape index (κ1) is 24.1. The Balaban J connectivity index is 1.89. The van der Waals surface area contributed by atoms with Crippen LogP contribution in [0.15, 0.2) is 76.5 Å². The van der Waals surface area contributed by atoms with Gasteiger partial charge >= 0.3 is 5.97 Å². The molecule has 0 amide bonds. The molecule has 2 aliphatic carbocycles. The first-order valence-electron chi connectivity index (χ1n) is 12.4. The molecule has 5 rings (SSSR count). The maximum Gasteiger partial charge on any atom is 0.342 e. The average Bonchev–Trinajstić information content (AvgIpc) is 3.56.